The van der Waals surface area contributed by atoms with E-state index in [1.165, 1.54) is 29.2 Å². The first-order chi connectivity index (χ1) is 16.8. The second-order valence-corrected chi connectivity index (χ2v) is 8.47. The Bertz CT molecular complexity index is 1360. The molecule has 0 aliphatic carbocycles. The zero-order valence-electron chi connectivity index (χ0n) is 19.0. The average molecular weight is 476 g/mol. The van der Waals surface area contributed by atoms with E-state index < -0.39 is 11.6 Å². The van der Waals surface area contributed by atoms with Gasteiger partial charge in [0, 0.05) is 18.0 Å². The summed E-state index contributed by atoms with van der Waals surface area (Å²) in [5, 5.41) is 7.57. The van der Waals surface area contributed by atoms with E-state index in [9.17, 15) is 13.6 Å². The van der Waals surface area contributed by atoms with Gasteiger partial charge in [0.1, 0.15) is 29.6 Å². The molecule has 8 nitrogen and oxygen atoms in total. The van der Waals surface area contributed by atoms with Gasteiger partial charge in [-0.3, -0.25) is 0 Å². The summed E-state index contributed by atoms with van der Waals surface area (Å²) < 4.78 is 33.7. The maximum Gasteiger partial charge on any atom is 0.416 e. The van der Waals surface area contributed by atoms with Crippen molar-refractivity contribution >= 4 is 17.9 Å². The highest BCUT2D eigenvalue weighted by atomic mass is 19.1. The summed E-state index contributed by atoms with van der Waals surface area (Å²) in [6.45, 7) is 3.87. The fourth-order valence-corrected chi connectivity index (χ4v) is 4.02. The van der Waals surface area contributed by atoms with Crippen LogP contribution < -0.4 is 10.2 Å². The normalized spacial score (nSPS) is 18.4. The van der Waals surface area contributed by atoms with Gasteiger partial charge in [-0.25, -0.2) is 28.1 Å². The van der Waals surface area contributed by atoms with Crippen molar-refractivity contribution in [1.29, 1.82) is 0 Å². The highest BCUT2D eigenvalue weighted by Crippen LogP contribution is 2.38. The number of carbonyl (C=O) groups excluding carboxylic acids is 1. The molecular formula is C25H22F2N6O2. The van der Waals surface area contributed by atoms with Crippen LogP contribution in [0.4, 0.5) is 25.3 Å². The molecule has 10 heteroatoms. The number of nitrogens with zero attached hydrogens (tertiary/aromatic N) is 5. The lowest BCUT2D eigenvalue weighted by Gasteiger charge is -2.31. The number of rotatable bonds is 6. The average Bonchev–Trinajstić information content (AvgIpc) is 3.46. The first-order valence-electron chi connectivity index (χ1n) is 11.0. The van der Waals surface area contributed by atoms with Crippen LogP contribution in [0, 0.1) is 11.6 Å². The van der Waals surface area contributed by atoms with E-state index in [2.05, 4.69) is 20.4 Å². The predicted molar refractivity (Wildman–Crippen MR) is 125 cm³/mol. The van der Waals surface area contributed by atoms with Crippen LogP contribution in [0.5, 0.6) is 0 Å². The molecular weight excluding hydrogens is 454 g/mol. The number of carbonyl (C=O) groups is 1. The van der Waals surface area contributed by atoms with Gasteiger partial charge >= 0.3 is 6.09 Å². The van der Waals surface area contributed by atoms with Crippen molar-refractivity contribution in [3.05, 3.63) is 95.9 Å². The molecule has 1 unspecified atom stereocenters. The molecule has 3 heterocycles. The summed E-state index contributed by atoms with van der Waals surface area (Å²) in [6.07, 6.45) is 4.54. The van der Waals surface area contributed by atoms with Crippen LogP contribution in [0.3, 0.4) is 0 Å². The molecule has 0 spiro atoms. The van der Waals surface area contributed by atoms with Crippen LogP contribution in [0.15, 0.2) is 73.2 Å². The van der Waals surface area contributed by atoms with Crippen molar-refractivity contribution in [2.45, 2.75) is 25.4 Å². The molecule has 1 aliphatic heterocycles. The lowest BCUT2D eigenvalue weighted by molar-refractivity contribution is 0.174. The molecule has 2 atom stereocenters. The van der Waals surface area contributed by atoms with Crippen LogP contribution in [0.2, 0.25) is 0 Å². The first kappa shape index (κ1) is 22.5. The van der Waals surface area contributed by atoms with E-state index in [4.69, 9.17) is 4.74 Å². The van der Waals surface area contributed by atoms with Crippen molar-refractivity contribution < 1.29 is 18.3 Å². The Morgan fingerprint density at radius 1 is 1.06 bits per heavy atom. The molecule has 1 saturated heterocycles. The lowest BCUT2D eigenvalue weighted by Crippen LogP contribution is -2.43. The minimum atomic E-state index is -0.863. The number of cyclic esters (lactones) is 1. The minimum absolute atomic E-state index is 0.100. The van der Waals surface area contributed by atoms with E-state index >= 15 is 0 Å². The molecule has 0 bridgehead atoms. The van der Waals surface area contributed by atoms with Crippen LogP contribution in [-0.2, 0) is 10.3 Å². The summed E-state index contributed by atoms with van der Waals surface area (Å²) in [5.74, 6) is -0.0123. The molecule has 0 saturated carbocycles. The van der Waals surface area contributed by atoms with Crippen molar-refractivity contribution in [3.63, 3.8) is 0 Å². The summed E-state index contributed by atoms with van der Waals surface area (Å²) in [5.41, 5.74) is 1.45. The van der Waals surface area contributed by atoms with Crippen molar-refractivity contribution in [2.24, 2.45) is 0 Å². The second kappa shape index (κ2) is 8.79. The molecule has 178 valence electrons. The Kier molecular flexibility index (Phi) is 5.64. The standard InChI is InChI=1S/C25H22F2N6O2/c1-16(17-13-29-32(14-17)21-9-7-20(27)8-10-21)30-23-28-12-11-22(31-23)33-24(34)35-15-25(33,2)18-3-5-19(26)6-4-18/h3-14,16H,15H2,1-2H3,(H,28,30,31)/t16-,25?/m1/s1. The summed E-state index contributed by atoms with van der Waals surface area (Å²) in [7, 11) is 0. The summed E-state index contributed by atoms with van der Waals surface area (Å²) in [4.78, 5) is 22.9. The van der Waals surface area contributed by atoms with E-state index in [1.54, 1.807) is 47.4 Å². The number of hydrogen-bond donors (Lipinski definition) is 1. The maximum absolute atomic E-state index is 13.5. The quantitative estimate of drug-likeness (QED) is 0.422. The van der Waals surface area contributed by atoms with Gasteiger partial charge in [0.15, 0.2) is 0 Å². The molecule has 1 fully saturated rings. The number of aromatic nitrogens is 4. The van der Waals surface area contributed by atoms with Crippen LogP contribution in [0.25, 0.3) is 5.69 Å². The van der Waals surface area contributed by atoms with Crippen LogP contribution in [-0.4, -0.2) is 32.4 Å². The zero-order chi connectivity index (χ0) is 24.6. The number of amides is 1. The van der Waals surface area contributed by atoms with Gasteiger partial charge < -0.3 is 10.1 Å². The van der Waals surface area contributed by atoms with E-state index in [0.29, 0.717) is 11.8 Å². The highest BCUT2D eigenvalue weighted by molar-refractivity contribution is 5.90. The Morgan fingerprint density at radius 3 is 2.46 bits per heavy atom. The first-order valence-corrected chi connectivity index (χ1v) is 11.0. The summed E-state index contributed by atoms with van der Waals surface area (Å²) >= 11 is 0. The molecule has 2 aromatic heterocycles. The number of anilines is 2. The third-order valence-electron chi connectivity index (χ3n) is 6.03. The molecule has 35 heavy (non-hydrogen) atoms. The van der Waals surface area contributed by atoms with Crippen molar-refractivity contribution in [3.8, 4) is 5.69 Å². The number of benzene rings is 2. The van der Waals surface area contributed by atoms with Gasteiger partial charge in [-0.05, 0) is 61.9 Å². The second-order valence-electron chi connectivity index (χ2n) is 8.47. The molecule has 0 radical (unpaired) electrons. The van der Waals surface area contributed by atoms with Gasteiger partial charge in [-0.15, -0.1) is 0 Å². The molecule has 2 aromatic carbocycles. The third-order valence-corrected chi connectivity index (χ3v) is 6.03. The topological polar surface area (TPSA) is 85.2 Å². The third kappa shape index (κ3) is 4.30. The molecule has 1 N–H and O–H groups in total. The monoisotopic (exact) mass is 476 g/mol. The largest absolute Gasteiger partial charge is 0.446 e. The molecule has 1 aliphatic rings. The number of hydrogen-bond acceptors (Lipinski definition) is 6. The SMILES string of the molecule is C[C@@H](Nc1nccc(N2C(=O)OCC2(C)c2ccc(F)cc2)n1)c1cnn(-c2ccc(F)cc2)c1. The Hall–Kier alpha value is -4.34. The Labute approximate surface area is 200 Å². The van der Waals surface area contributed by atoms with Gasteiger partial charge in [0.05, 0.1) is 17.9 Å². The fraction of sp³-hybridized carbons (Fsp3) is 0.200. The molecule has 5 rings (SSSR count). The van der Waals surface area contributed by atoms with Gasteiger partial charge in [0.2, 0.25) is 5.95 Å². The van der Waals surface area contributed by atoms with Crippen molar-refractivity contribution in [2.75, 3.05) is 16.8 Å². The van der Waals surface area contributed by atoms with Crippen molar-refractivity contribution in [1.82, 2.24) is 19.7 Å². The maximum atomic E-state index is 13.5. The summed E-state index contributed by atoms with van der Waals surface area (Å²) in [6, 6.07) is 13.4. The van der Waals surface area contributed by atoms with E-state index in [0.717, 1.165) is 16.8 Å². The Morgan fingerprint density at radius 2 is 1.74 bits per heavy atom. The predicted octanol–water partition coefficient (Wildman–Crippen LogP) is 4.99. The van der Waals surface area contributed by atoms with E-state index in [-0.39, 0.29) is 24.3 Å². The number of ether oxygens (including phenoxy) is 1. The molecule has 1 amide bonds. The smallest absolute Gasteiger partial charge is 0.416 e. The number of nitrogens with one attached hydrogen (secondary N) is 1. The van der Waals surface area contributed by atoms with Crippen LogP contribution in [0.1, 0.15) is 31.0 Å². The van der Waals surface area contributed by atoms with Gasteiger partial charge in [0.25, 0.3) is 0 Å². The van der Waals surface area contributed by atoms with Gasteiger partial charge in [-0.1, -0.05) is 12.1 Å². The lowest BCUT2D eigenvalue weighted by atomic mass is 9.92. The highest BCUT2D eigenvalue weighted by Gasteiger charge is 2.47. The van der Waals surface area contributed by atoms with E-state index in [1.807, 2.05) is 20.0 Å². The fourth-order valence-electron chi connectivity index (χ4n) is 4.02. The van der Waals surface area contributed by atoms with Gasteiger partial charge in [-0.2, -0.15) is 10.1 Å². The zero-order valence-corrected chi connectivity index (χ0v) is 19.0. The van der Waals surface area contributed by atoms with Crippen LogP contribution >= 0.6 is 0 Å². The minimum Gasteiger partial charge on any atom is -0.446 e. The molecule has 4 aromatic rings. The Balaban J connectivity index is 1.37. The number of halogens is 2.